The molecule has 0 aliphatic heterocycles. The Morgan fingerprint density at radius 1 is 1.11 bits per heavy atom. The van der Waals surface area contributed by atoms with Gasteiger partial charge in [-0.05, 0) is 36.6 Å². The van der Waals surface area contributed by atoms with Gasteiger partial charge >= 0.3 is 5.97 Å². The van der Waals surface area contributed by atoms with E-state index in [0.717, 1.165) is 5.56 Å². The monoisotopic (exact) mass is 382 g/mol. The Kier molecular flexibility index (Phi) is 5.99. The molecule has 28 heavy (non-hydrogen) atoms. The van der Waals surface area contributed by atoms with Crippen molar-refractivity contribution in [1.82, 2.24) is 0 Å². The highest BCUT2D eigenvalue weighted by Gasteiger charge is 2.14. The second-order valence-electron chi connectivity index (χ2n) is 6.48. The number of hydrogen-bond acceptors (Lipinski definition) is 6. The van der Waals surface area contributed by atoms with Gasteiger partial charge in [-0.3, -0.25) is 4.79 Å². The van der Waals surface area contributed by atoms with Crippen molar-refractivity contribution in [2.75, 3.05) is 13.2 Å². The lowest BCUT2D eigenvalue weighted by atomic mass is 10.0. The van der Waals surface area contributed by atoms with E-state index in [4.69, 9.17) is 18.6 Å². The summed E-state index contributed by atoms with van der Waals surface area (Å²) in [6.07, 6.45) is 1.29. The summed E-state index contributed by atoms with van der Waals surface area (Å²) in [6.45, 7) is 5.92. The largest absolute Gasteiger partial charge is 0.482 e. The van der Waals surface area contributed by atoms with Crippen LogP contribution in [0.2, 0.25) is 0 Å². The van der Waals surface area contributed by atoms with E-state index in [1.54, 1.807) is 25.1 Å². The van der Waals surface area contributed by atoms with E-state index < -0.39 is 5.97 Å². The van der Waals surface area contributed by atoms with Crippen molar-refractivity contribution >= 4 is 16.9 Å². The van der Waals surface area contributed by atoms with Crippen molar-refractivity contribution in [3.63, 3.8) is 0 Å². The highest BCUT2D eigenvalue weighted by atomic mass is 16.6. The molecule has 1 heterocycles. The zero-order valence-electron chi connectivity index (χ0n) is 16.1. The molecule has 0 aliphatic rings. The SMILES string of the molecule is CCOC(=O)COc1ccc2c(=O)c(Oc3ccccc3C(C)C)coc2c1. The lowest BCUT2D eigenvalue weighted by molar-refractivity contribution is -0.145. The number of fused-ring (bicyclic) bond motifs is 1. The predicted octanol–water partition coefficient (Wildman–Crippen LogP) is 4.65. The second kappa shape index (κ2) is 8.61. The van der Waals surface area contributed by atoms with Crippen LogP contribution in [0.1, 0.15) is 32.3 Å². The third-order valence-electron chi connectivity index (χ3n) is 4.14. The van der Waals surface area contributed by atoms with Crippen LogP contribution >= 0.6 is 0 Å². The van der Waals surface area contributed by atoms with Crippen LogP contribution in [-0.2, 0) is 9.53 Å². The maximum atomic E-state index is 12.8. The zero-order chi connectivity index (χ0) is 20.1. The van der Waals surface area contributed by atoms with Crippen molar-refractivity contribution in [3.05, 3.63) is 64.5 Å². The van der Waals surface area contributed by atoms with Gasteiger partial charge < -0.3 is 18.6 Å². The Morgan fingerprint density at radius 2 is 1.89 bits per heavy atom. The van der Waals surface area contributed by atoms with Gasteiger partial charge in [0.25, 0.3) is 0 Å². The molecule has 0 spiro atoms. The van der Waals surface area contributed by atoms with Gasteiger partial charge in [-0.25, -0.2) is 4.79 Å². The van der Waals surface area contributed by atoms with E-state index in [-0.39, 0.29) is 30.3 Å². The number of ether oxygens (including phenoxy) is 3. The Morgan fingerprint density at radius 3 is 2.64 bits per heavy atom. The second-order valence-corrected chi connectivity index (χ2v) is 6.48. The molecule has 0 N–H and O–H groups in total. The normalized spacial score (nSPS) is 10.9. The van der Waals surface area contributed by atoms with E-state index in [0.29, 0.717) is 22.5 Å². The van der Waals surface area contributed by atoms with Crippen LogP contribution in [0.15, 0.2) is 57.9 Å². The fourth-order valence-corrected chi connectivity index (χ4v) is 2.77. The quantitative estimate of drug-likeness (QED) is 0.554. The molecule has 0 saturated heterocycles. The Bertz CT molecular complexity index is 1030. The number of para-hydroxylation sites is 1. The van der Waals surface area contributed by atoms with Crippen LogP contribution in [0, 0.1) is 0 Å². The molecular formula is C22H22O6. The molecule has 0 radical (unpaired) electrons. The topological polar surface area (TPSA) is 75.0 Å². The smallest absolute Gasteiger partial charge is 0.344 e. The van der Waals surface area contributed by atoms with Gasteiger partial charge in [0.2, 0.25) is 11.2 Å². The first kappa shape index (κ1) is 19.5. The summed E-state index contributed by atoms with van der Waals surface area (Å²) in [4.78, 5) is 24.2. The highest BCUT2D eigenvalue weighted by molar-refractivity contribution is 5.79. The van der Waals surface area contributed by atoms with Crippen molar-refractivity contribution in [2.45, 2.75) is 26.7 Å². The van der Waals surface area contributed by atoms with Crippen LogP contribution < -0.4 is 14.9 Å². The summed E-state index contributed by atoms with van der Waals surface area (Å²) >= 11 is 0. The van der Waals surface area contributed by atoms with Gasteiger partial charge in [-0.2, -0.15) is 0 Å². The molecule has 6 heteroatoms. The average Bonchev–Trinajstić information content (AvgIpc) is 2.69. The fraction of sp³-hybridized carbons (Fsp3) is 0.273. The summed E-state index contributed by atoms with van der Waals surface area (Å²) in [5.41, 5.74) is 1.07. The molecule has 0 unspecified atom stereocenters. The molecule has 0 fully saturated rings. The van der Waals surface area contributed by atoms with E-state index in [2.05, 4.69) is 13.8 Å². The minimum absolute atomic E-state index is 0.112. The van der Waals surface area contributed by atoms with Crippen molar-refractivity contribution in [2.24, 2.45) is 0 Å². The highest BCUT2D eigenvalue weighted by Crippen LogP contribution is 2.30. The van der Waals surface area contributed by atoms with Gasteiger partial charge in [0.05, 0.1) is 12.0 Å². The predicted molar refractivity (Wildman–Crippen MR) is 105 cm³/mol. The third kappa shape index (κ3) is 4.34. The molecule has 6 nitrogen and oxygen atoms in total. The molecule has 3 aromatic rings. The fourth-order valence-electron chi connectivity index (χ4n) is 2.77. The number of hydrogen-bond donors (Lipinski definition) is 0. The Balaban J connectivity index is 1.85. The molecule has 0 atom stereocenters. The van der Waals surface area contributed by atoms with E-state index >= 15 is 0 Å². The number of rotatable bonds is 7. The number of benzene rings is 2. The number of carbonyl (C=O) groups excluding carboxylic acids is 1. The molecule has 0 amide bonds. The molecule has 0 saturated carbocycles. The molecule has 0 bridgehead atoms. The van der Waals surface area contributed by atoms with Gasteiger partial charge in [-0.1, -0.05) is 32.0 Å². The third-order valence-corrected chi connectivity index (χ3v) is 4.14. The van der Waals surface area contributed by atoms with E-state index in [9.17, 15) is 9.59 Å². The number of esters is 1. The van der Waals surface area contributed by atoms with E-state index in [1.807, 2.05) is 24.3 Å². The summed E-state index contributed by atoms with van der Waals surface area (Å²) in [5, 5.41) is 0.364. The van der Waals surface area contributed by atoms with Crippen LogP contribution in [0.3, 0.4) is 0 Å². The Hall–Kier alpha value is -3.28. The van der Waals surface area contributed by atoms with Gasteiger partial charge in [0, 0.05) is 6.07 Å². The van der Waals surface area contributed by atoms with Crippen molar-refractivity contribution < 1.29 is 23.4 Å². The zero-order valence-corrected chi connectivity index (χ0v) is 16.1. The summed E-state index contributed by atoms with van der Waals surface area (Å²) in [6, 6.07) is 12.3. The lowest BCUT2D eigenvalue weighted by Crippen LogP contribution is -2.14. The van der Waals surface area contributed by atoms with Crippen LogP contribution in [-0.4, -0.2) is 19.2 Å². The van der Waals surface area contributed by atoms with Gasteiger partial charge in [-0.15, -0.1) is 0 Å². The lowest BCUT2D eigenvalue weighted by Gasteiger charge is -2.13. The van der Waals surface area contributed by atoms with Crippen LogP contribution in [0.4, 0.5) is 0 Å². The minimum Gasteiger partial charge on any atom is -0.482 e. The first-order valence-electron chi connectivity index (χ1n) is 9.10. The molecule has 0 aliphatic carbocycles. The molecule has 3 rings (SSSR count). The maximum Gasteiger partial charge on any atom is 0.344 e. The van der Waals surface area contributed by atoms with Gasteiger partial charge in [0.1, 0.15) is 23.3 Å². The average molecular weight is 382 g/mol. The molecule has 1 aromatic heterocycles. The minimum atomic E-state index is -0.461. The number of carbonyl (C=O) groups is 1. The van der Waals surface area contributed by atoms with Crippen molar-refractivity contribution in [3.8, 4) is 17.2 Å². The molecule has 2 aromatic carbocycles. The summed E-state index contributed by atoms with van der Waals surface area (Å²) in [7, 11) is 0. The van der Waals surface area contributed by atoms with Gasteiger partial charge in [0.15, 0.2) is 6.61 Å². The Labute approximate surface area is 162 Å². The first-order chi connectivity index (χ1) is 13.5. The maximum absolute atomic E-state index is 12.8. The van der Waals surface area contributed by atoms with Crippen LogP contribution in [0.25, 0.3) is 11.0 Å². The van der Waals surface area contributed by atoms with E-state index in [1.165, 1.54) is 6.26 Å². The first-order valence-corrected chi connectivity index (χ1v) is 9.10. The van der Waals surface area contributed by atoms with Crippen LogP contribution in [0.5, 0.6) is 17.2 Å². The van der Waals surface area contributed by atoms with Crippen molar-refractivity contribution in [1.29, 1.82) is 0 Å². The summed E-state index contributed by atoms with van der Waals surface area (Å²) in [5.74, 6) is 0.932. The molecule has 146 valence electrons. The summed E-state index contributed by atoms with van der Waals surface area (Å²) < 4.78 is 21.6. The molecular weight excluding hydrogens is 360 g/mol. The standard InChI is InChI=1S/C22H22O6/c1-4-25-21(23)13-26-15-9-10-17-19(11-15)27-12-20(22(17)24)28-18-8-6-5-7-16(18)14(2)3/h5-12,14H,4,13H2,1-3H3.